The van der Waals surface area contributed by atoms with Crippen LogP contribution in [0.15, 0.2) is 18.2 Å². The second-order valence-corrected chi connectivity index (χ2v) is 11.6. The second kappa shape index (κ2) is 18.3. The predicted molar refractivity (Wildman–Crippen MR) is 161 cm³/mol. The topological polar surface area (TPSA) is 156 Å². The first-order chi connectivity index (χ1) is 20.9. The van der Waals surface area contributed by atoms with Gasteiger partial charge in [-0.25, -0.2) is 19.2 Å². The lowest BCUT2D eigenvalue weighted by Crippen LogP contribution is -2.59. The Balaban J connectivity index is 2.37. The molecule has 0 saturated heterocycles. The average Bonchev–Trinajstić information content (AvgIpc) is 2.99. The third-order valence-electron chi connectivity index (χ3n) is 7.72. The second-order valence-electron chi connectivity index (χ2n) is 11.6. The standard InChI is InChI=1S/C32H49NO11/c1-7-21(4)19-39-29(36)42-26-16-15-24(17-27(26)43-30(37)40-20-22(5)8-2)18-32(28(34)35,33-23(6)9-3)44-31(38)41-25-13-11-10-12-14-25/h15-17,21-23,25,33H,7-14,18-20H2,1-6H3,(H,34,35)/t21?,22?,23?,32-/m0/s1. The number of carbonyl (C=O) groups excluding carboxylic acids is 3. The van der Waals surface area contributed by atoms with E-state index in [4.69, 9.17) is 28.4 Å². The molecule has 12 heteroatoms. The molecule has 1 fully saturated rings. The number of rotatable bonds is 16. The monoisotopic (exact) mass is 623 g/mol. The smallest absolute Gasteiger partial charge is 0.477 e. The van der Waals surface area contributed by atoms with Crippen LogP contribution < -0.4 is 14.8 Å². The van der Waals surface area contributed by atoms with Gasteiger partial charge in [0.25, 0.3) is 5.72 Å². The minimum Gasteiger partial charge on any atom is -0.477 e. The molecule has 0 radical (unpaired) electrons. The van der Waals surface area contributed by atoms with Crippen LogP contribution in [0, 0.1) is 11.8 Å². The number of ether oxygens (including phenoxy) is 6. The zero-order valence-electron chi connectivity index (χ0n) is 26.8. The van der Waals surface area contributed by atoms with Crippen LogP contribution in [-0.4, -0.2) is 60.6 Å². The molecule has 1 aromatic carbocycles. The summed E-state index contributed by atoms with van der Waals surface area (Å²) >= 11 is 0. The highest BCUT2D eigenvalue weighted by atomic mass is 16.8. The highest BCUT2D eigenvalue weighted by molar-refractivity contribution is 5.80. The molecule has 1 aliphatic carbocycles. The van der Waals surface area contributed by atoms with Crippen molar-refractivity contribution in [2.45, 2.75) is 117 Å². The number of benzene rings is 1. The summed E-state index contributed by atoms with van der Waals surface area (Å²) < 4.78 is 32.1. The molecule has 0 bridgehead atoms. The van der Waals surface area contributed by atoms with Crippen LogP contribution in [0.5, 0.6) is 11.5 Å². The fourth-order valence-corrected chi connectivity index (χ4v) is 4.29. The first-order valence-corrected chi connectivity index (χ1v) is 15.6. The fraction of sp³-hybridized carbons (Fsp3) is 0.688. The molecule has 0 aliphatic heterocycles. The molecule has 0 spiro atoms. The highest BCUT2D eigenvalue weighted by Gasteiger charge is 2.45. The lowest BCUT2D eigenvalue weighted by Gasteiger charge is -2.33. The van der Waals surface area contributed by atoms with E-state index in [1.807, 2.05) is 34.6 Å². The van der Waals surface area contributed by atoms with Gasteiger partial charge in [-0.05, 0) is 68.6 Å². The molecule has 2 N–H and O–H groups in total. The van der Waals surface area contributed by atoms with Gasteiger partial charge in [0.05, 0.1) is 13.2 Å². The van der Waals surface area contributed by atoms with Crippen LogP contribution in [0.1, 0.15) is 98.5 Å². The molecule has 0 heterocycles. The van der Waals surface area contributed by atoms with Crippen LogP contribution in [0.4, 0.5) is 14.4 Å². The van der Waals surface area contributed by atoms with E-state index in [1.54, 1.807) is 6.92 Å². The Morgan fingerprint density at radius 2 is 1.41 bits per heavy atom. The maximum absolute atomic E-state index is 12.9. The molecule has 0 amide bonds. The quantitative estimate of drug-likeness (QED) is 0.0842. The molecular weight excluding hydrogens is 574 g/mol. The van der Waals surface area contributed by atoms with E-state index in [0.717, 1.165) is 32.1 Å². The Hall–Kier alpha value is -3.54. The third-order valence-corrected chi connectivity index (χ3v) is 7.72. The van der Waals surface area contributed by atoms with Gasteiger partial charge in [-0.2, -0.15) is 0 Å². The van der Waals surface area contributed by atoms with E-state index in [9.17, 15) is 24.3 Å². The van der Waals surface area contributed by atoms with E-state index in [-0.39, 0.29) is 55.1 Å². The average molecular weight is 624 g/mol. The summed E-state index contributed by atoms with van der Waals surface area (Å²) in [5, 5.41) is 13.3. The Labute approximate surface area is 260 Å². The van der Waals surface area contributed by atoms with Crippen molar-refractivity contribution in [3.05, 3.63) is 23.8 Å². The summed E-state index contributed by atoms with van der Waals surface area (Å²) in [6.45, 7) is 11.6. The van der Waals surface area contributed by atoms with Crippen LogP contribution in [-0.2, 0) is 30.2 Å². The molecule has 0 aromatic heterocycles. The van der Waals surface area contributed by atoms with Crippen molar-refractivity contribution in [1.82, 2.24) is 5.32 Å². The van der Waals surface area contributed by atoms with Crippen molar-refractivity contribution >= 4 is 24.4 Å². The summed E-state index contributed by atoms with van der Waals surface area (Å²) in [6.07, 6.45) is 2.52. The fourth-order valence-electron chi connectivity index (χ4n) is 4.29. The van der Waals surface area contributed by atoms with Gasteiger partial charge in [0, 0.05) is 12.5 Å². The summed E-state index contributed by atoms with van der Waals surface area (Å²) in [4.78, 5) is 50.5. The summed E-state index contributed by atoms with van der Waals surface area (Å²) in [7, 11) is 0. The lowest BCUT2D eigenvalue weighted by atomic mass is 9.98. The van der Waals surface area contributed by atoms with Crippen molar-refractivity contribution in [3.8, 4) is 11.5 Å². The van der Waals surface area contributed by atoms with Crippen LogP contribution in [0.2, 0.25) is 0 Å². The zero-order chi connectivity index (χ0) is 32.7. The maximum atomic E-state index is 12.9. The summed E-state index contributed by atoms with van der Waals surface area (Å²) in [5.41, 5.74) is -1.92. The summed E-state index contributed by atoms with van der Waals surface area (Å²) in [5.74, 6) is -1.58. The van der Waals surface area contributed by atoms with Gasteiger partial charge in [0.15, 0.2) is 11.5 Å². The van der Waals surface area contributed by atoms with Gasteiger partial charge >= 0.3 is 24.4 Å². The molecule has 12 nitrogen and oxygen atoms in total. The molecule has 2 rings (SSSR count). The first kappa shape index (κ1) is 36.7. The van der Waals surface area contributed by atoms with E-state index < -0.39 is 30.2 Å². The van der Waals surface area contributed by atoms with Gasteiger partial charge in [-0.1, -0.05) is 59.9 Å². The number of carboxylic acid groups (broad SMARTS) is 1. The minimum atomic E-state index is -2.22. The van der Waals surface area contributed by atoms with Crippen molar-refractivity contribution in [2.24, 2.45) is 11.8 Å². The Morgan fingerprint density at radius 1 is 0.841 bits per heavy atom. The first-order valence-electron chi connectivity index (χ1n) is 15.6. The van der Waals surface area contributed by atoms with Gasteiger partial charge in [0.1, 0.15) is 6.10 Å². The zero-order valence-corrected chi connectivity index (χ0v) is 26.8. The number of hydrogen-bond donors (Lipinski definition) is 2. The van der Waals surface area contributed by atoms with Crippen molar-refractivity contribution in [3.63, 3.8) is 0 Å². The van der Waals surface area contributed by atoms with Gasteiger partial charge in [-0.15, -0.1) is 0 Å². The largest absolute Gasteiger partial charge is 0.513 e. The maximum Gasteiger partial charge on any atom is 0.513 e. The van der Waals surface area contributed by atoms with Crippen molar-refractivity contribution < 1.29 is 52.7 Å². The number of hydrogen-bond acceptors (Lipinski definition) is 11. The SMILES string of the molecule is CCC(C)COC(=O)Oc1ccc(C[C@](NC(C)CC)(OC(=O)OC2CCCCC2)C(=O)O)cc1OC(=O)OCC(C)CC. The number of aliphatic carboxylic acids is 1. The minimum absolute atomic E-state index is 0.0912. The lowest BCUT2D eigenvalue weighted by molar-refractivity contribution is -0.168. The highest BCUT2D eigenvalue weighted by Crippen LogP contribution is 2.32. The third kappa shape index (κ3) is 12.2. The van der Waals surface area contributed by atoms with Crippen LogP contribution >= 0.6 is 0 Å². The molecule has 3 unspecified atom stereocenters. The number of carboxylic acids is 1. The van der Waals surface area contributed by atoms with E-state index in [0.29, 0.717) is 24.8 Å². The van der Waals surface area contributed by atoms with E-state index in [2.05, 4.69) is 5.32 Å². The molecule has 44 heavy (non-hydrogen) atoms. The molecule has 248 valence electrons. The normalized spacial score (nSPS) is 16.9. The Kier molecular flexibility index (Phi) is 15.3. The molecule has 1 aromatic rings. The van der Waals surface area contributed by atoms with E-state index in [1.165, 1.54) is 18.2 Å². The number of carbonyl (C=O) groups is 4. The van der Waals surface area contributed by atoms with Crippen molar-refractivity contribution in [2.75, 3.05) is 13.2 Å². The van der Waals surface area contributed by atoms with Crippen LogP contribution in [0.3, 0.4) is 0 Å². The Bertz CT molecular complexity index is 1090. The molecular formula is C32H49NO11. The Morgan fingerprint density at radius 3 is 1.93 bits per heavy atom. The van der Waals surface area contributed by atoms with Gasteiger partial charge < -0.3 is 33.5 Å². The number of nitrogens with one attached hydrogen (secondary N) is 1. The summed E-state index contributed by atoms with van der Waals surface area (Å²) in [6, 6.07) is 3.78. The molecule has 1 aliphatic rings. The van der Waals surface area contributed by atoms with Gasteiger partial charge in [-0.3, -0.25) is 5.32 Å². The van der Waals surface area contributed by atoms with Crippen LogP contribution in [0.25, 0.3) is 0 Å². The van der Waals surface area contributed by atoms with Crippen molar-refractivity contribution in [1.29, 1.82) is 0 Å². The predicted octanol–water partition coefficient (Wildman–Crippen LogP) is 7.01. The van der Waals surface area contributed by atoms with E-state index >= 15 is 0 Å². The molecule has 4 atom stereocenters. The molecule has 1 saturated carbocycles. The van der Waals surface area contributed by atoms with Gasteiger partial charge in [0.2, 0.25) is 0 Å².